The molecule has 0 aliphatic heterocycles. The van der Waals surface area contributed by atoms with Crippen molar-refractivity contribution in [2.75, 3.05) is 41.7 Å². The third-order valence-corrected chi connectivity index (χ3v) is 5.87. The van der Waals surface area contributed by atoms with Gasteiger partial charge in [-0.2, -0.15) is 0 Å². The van der Waals surface area contributed by atoms with Crippen molar-refractivity contribution in [3.05, 3.63) is 88.3 Å². The van der Waals surface area contributed by atoms with Crippen molar-refractivity contribution in [3.63, 3.8) is 0 Å². The van der Waals surface area contributed by atoms with Gasteiger partial charge in [0, 0.05) is 56.7 Å². The molecule has 1 heterocycles. The lowest BCUT2D eigenvalue weighted by Gasteiger charge is -2.00. The number of carbonyl (C=O) groups is 3. The second-order valence-electron chi connectivity index (χ2n) is 8.44. The molecule has 44 heavy (non-hydrogen) atoms. The Hall–Kier alpha value is -3.35. The van der Waals surface area contributed by atoms with E-state index in [9.17, 15) is 22.8 Å². The van der Waals surface area contributed by atoms with Gasteiger partial charge in [0.15, 0.2) is 23.1 Å². The summed E-state index contributed by atoms with van der Waals surface area (Å²) in [6.07, 6.45) is 4.19. The number of halogens is 1. The number of methoxy groups -OCH3 is 2. The predicted octanol–water partition coefficient (Wildman–Crippen LogP) is 6.44. The number of aliphatic hydroxyl groups excluding tert-OH is 1. The molecule has 0 saturated carbocycles. The molecule has 1 aromatic heterocycles. The predicted molar refractivity (Wildman–Crippen MR) is 177 cm³/mol. The lowest BCUT2D eigenvalue weighted by molar-refractivity contribution is 0.0958. The number of sulfonamides is 1. The van der Waals surface area contributed by atoms with Gasteiger partial charge in [0.25, 0.3) is 0 Å². The monoisotopic (exact) mass is 657 g/mol. The highest BCUT2D eigenvalue weighted by molar-refractivity contribution is 7.88. The van der Waals surface area contributed by atoms with Gasteiger partial charge in [0.2, 0.25) is 10.0 Å². The van der Waals surface area contributed by atoms with Crippen LogP contribution in [0.4, 0.5) is 0 Å². The van der Waals surface area contributed by atoms with Crippen LogP contribution in [0.5, 0.6) is 5.75 Å². The molecule has 2 aromatic carbocycles. The molecular weight excluding hydrogens is 610 g/mol. The van der Waals surface area contributed by atoms with Crippen LogP contribution in [0.15, 0.2) is 65.3 Å². The molecule has 0 radical (unpaired) electrons. The van der Waals surface area contributed by atoms with Crippen LogP contribution in [0.1, 0.15) is 76.9 Å². The fraction of sp³-hybridized carbons (Fsp3) is 0.406. The highest BCUT2D eigenvalue weighted by Crippen LogP contribution is 2.15. The van der Waals surface area contributed by atoms with Crippen molar-refractivity contribution in [2.24, 2.45) is 0 Å². The summed E-state index contributed by atoms with van der Waals surface area (Å²) in [5.41, 5.74) is 2.49. The first-order valence-electron chi connectivity index (χ1n) is 13.5. The molecule has 0 aliphatic rings. The van der Waals surface area contributed by atoms with E-state index in [1.165, 1.54) is 13.3 Å². The van der Waals surface area contributed by atoms with Gasteiger partial charge in [-0.3, -0.25) is 14.4 Å². The van der Waals surface area contributed by atoms with E-state index in [0.29, 0.717) is 35.6 Å². The van der Waals surface area contributed by atoms with Crippen LogP contribution in [0.3, 0.4) is 0 Å². The van der Waals surface area contributed by atoms with Gasteiger partial charge in [0.1, 0.15) is 5.75 Å². The molecule has 0 bridgehead atoms. The minimum atomic E-state index is -2.91. The molecule has 0 fully saturated rings. The Bertz CT molecular complexity index is 1270. The topological polar surface area (TPSA) is 149 Å². The second kappa shape index (κ2) is 27.2. The first kappa shape index (κ1) is 45.1. The smallest absolute Gasteiger partial charge is 0.208 e. The molecular formula is C32H48ClNO9S. The Morgan fingerprint density at radius 3 is 1.64 bits per heavy atom. The Balaban J connectivity index is -0.000000497. The van der Waals surface area contributed by atoms with Gasteiger partial charge in [-0.05, 0) is 74.1 Å². The number of ketones is 3. The summed E-state index contributed by atoms with van der Waals surface area (Å²) in [7, 11) is 4.32. The number of Topliss-reactive ketones (excluding diaryl/α,β-unsaturated/α-hetero) is 3. The summed E-state index contributed by atoms with van der Waals surface area (Å²) in [6, 6.07) is 15.9. The minimum absolute atomic E-state index is 0.0556. The van der Waals surface area contributed by atoms with Gasteiger partial charge in [-0.25, -0.2) is 13.1 Å². The van der Waals surface area contributed by atoms with Crippen LogP contribution in [0, 0.1) is 6.92 Å². The summed E-state index contributed by atoms with van der Waals surface area (Å²) in [6.45, 7) is 7.44. The van der Waals surface area contributed by atoms with Crippen molar-refractivity contribution in [3.8, 4) is 5.75 Å². The molecule has 0 unspecified atom stereocenters. The molecule has 3 aromatic rings. The van der Waals surface area contributed by atoms with Crippen LogP contribution in [-0.4, -0.2) is 72.6 Å². The van der Waals surface area contributed by atoms with Crippen molar-refractivity contribution in [1.82, 2.24) is 4.72 Å². The lowest BCUT2D eigenvalue weighted by Crippen LogP contribution is -2.15. The number of nitrogens with one attached hydrogen (secondary N) is 1. The van der Waals surface area contributed by atoms with Crippen molar-refractivity contribution >= 4 is 39.0 Å². The van der Waals surface area contributed by atoms with E-state index in [-0.39, 0.29) is 17.3 Å². The summed E-state index contributed by atoms with van der Waals surface area (Å²) in [5.74, 6) is 1.60. The minimum Gasteiger partial charge on any atom is -0.497 e. The third-order valence-electron chi connectivity index (χ3n) is 4.91. The number of hydrogen-bond donors (Lipinski definition) is 2. The fourth-order valence-corrected chi connectivity index (χ4v) is 2.98. The number of carbonyl (C=O) groups excluding carboxylic acids is 3. The maximum absolute atomic E-state index is 11.3. The van der Waals surface area contributed by atoms with Gasteiger partial charge in [0.05, 0.1) is 19.6 Å². The SMILES string of the molecule is CCC(=O)c1cc(C)cc(Cl)c1.CCC(=O)c1ccc(OC)cc1.CCC(=O)c1ccco1.CNS(C)(=O)=O.CO.COC. The van der Waals surface area contributed by atoms with E-state index in [0.717, 1.165) is 30.2 Å². The fourth-order valence-electron chi connectivity index (χ4n) is 2.69. The molecule has 0 amide bonds. The molecule has 0 atom stereocenters. The van der Waals surface area contributed by atoms with E-state index in [1.807, 2.05) is 39.8 Å². The van der Waals surface area contributed by atoms with E-state index >= 15 is 0 Å². The zero-order valence-electron chi connectivity index (χ0n) is 27.4. The summed E-state index contributed by atoms with van der Waals surface area (Å²) >= 11 is 5.80. The number of aryl methyl sites for hydroxylation is 1. The highest BCUT2D eigenvalue weighted by Gasteiger charge is 2.04. The number of hydrogen-bond acceptors (Lipinski definition) is 9. The number of aliphatic hydroxyl groups is 1. The summed E-state index contributed by atoms with van der Waals surface area (Å²) in [5, 5.41) is 7.63. The average Bonchev–Trinajstić information content (AvgIpc) is 3.57. The number of ether oxygens (including phenoxy) is 2. The average molecular weight is 658 g/mol. The molecule has 10 nitrogen and oxygen atoms in total. The highest BCUT2D eigenvalue weighted by atomic mass is 35.5. The van der Waals surface area contributed by atoms with Crippen molar-refractivity contribution in [1.29, 1.82) is 0 Å². The zero-order chi connectivity index (χ0) is 34.7. The molecule has 0 aliphatic carbocycles. The normalized spacial score (nSPS) is 9.36. The second-order valence-corrected chi connectivity index (χ2v) is 10.8. The maximum Gasteiger partial charge on any atom is 0.208 e. The van der Waals surface area contributed by atoms with Gasteiger partial charge >= 0.3 is 0 Å². The Labute approximate surface area is 267 Å². The van der Waals surface area contributed by atoms with Crippen molar-refractivity contribution < 1.29 is 41.8 Å². The summed E-state index contributed by atoms with van der Waals surface area (Å²) < 4.78 is 35.9. The Morgan fingerprint density at radius 1 is 0.841 bits per heavy atom. The van der Waals surface area contributed by atoms with Crippen LogP contribution >= 0.6 is 11.6 Å². The quantitative estimate of drug-likeness (QED) is 0.261. The number of furan rings is 1. The van der Waals surface area contributed by atoms with E-state index in [2.05, 4.69) is 9.46 Å². The Kier molecular flexibility index (Phi) is 27.9. The van der Waals surface area contributed by atoms with E-state index < -0.39 is 10.0 Å². The number of rotatable bonds is 8. The van der Waals surface area contributed by atoms with Gasteiger partial charge < -0.3 is 19.0 Å². The van der Waals surface area contributed by atoms with E-state index in [1.54, 1.807) is 63.8 Å². The maximum atomic E-state index is 11.3. The molecule has 2 N–H and O–H groups in total. The third kappa shape index (κ3) is 23.1. The first-order chi connectivity index (χ1) is 20.7. The molecule has 248 valence electrons. The van der Waals surface area contributed by atoms with Crippen LogP contribution in [0.25, 0.3) is 0 Å². The van der Waals surface area contributed by atoms with E-state index in [4.69, 9.17) is 25.9 Å². The molecule has 0 spiro atoms. The van der Waals surface area contributed by atoms with Gasteiger partial charge in [-0.15, -0.1) is 0 Å². The van der Waals surface area contributed by atoms with Crippen molar-refractivity contribution in [2.45, 2.75) is 47.0 Å². The lowest BCUT2D eigenvalue weighted by atomic mass is 10.1. The molecule has 3 rings (SSSR count). The van der Waals surface area contributed by atoms with Crippen LogP contribution < -0.4 is 9.46 Å². The van der Waals surface area contributed by atoms with Crippen LogP contribution in [-0.2, 0) is 14.8 Å². The number of benzene rings is 2. The molecule has 12 heteroatoms. The first-order valence-corrected chi connectivity index (χ1v) is 15.8. The van der Waals surface area contributed by atoms with Gasteiger partial charge in [-0.1, -0.05) is 32.4 Å². The largest absolute Gasteiger partial charge is 0.497 e. The zero-order valence-corrected chi connectivity index (χ0v) is 29.0. The summed E-state index contributed by atoms with van der Waals surface area (Å²) in [4.78, 5) is 33.2. The molecule has 0 saturated heterocycles. The Morgan fingerprint density at radius 2 is 1.30 bits per heavy atom. The van der Waals surface area contributed by atoms with Crippen LogP contribution in [0.2, 0.25) is 5.02 Å². The standard InChI is InChI=1S/C10H11ClO.C10H12O2.C7H8O2.C2H7NO2S.C2H6O.CH4O/c1-3-10(12)8-4-7(2)5-9(11)6-8;1-3-10(11)8-4-6-9(12-2)7-5-8;1-2-6(8)7-4-3-5-9-7;1-3-6(2,4)5;1-3-2;1-2/h4-6H,3H2,1-2H3;4-7H,3H2,1-2H3;3-5H,2H2,1H3;3H,1-2H3;1-2H3;2H,1H3.